The van der Waals surface area contributed by atoms with Gasteiger partial charge in [-0.25, -0.2) is 8.78 Å². The number of hydrogen-bond acceptors (Lipinski definition) is 3. The predicted molar refractivity (Wildman–Crippen MR) is 135 cm³/mol. The SMILES string of the molecule is CC(C)(C[C@@H]1N[C@@H](C(=O)O)[C@H](c2c(-c3cc(F)cc(Cl)c3)ccc(Cl)c2F)C1N)c1ccccc1. The van der Waals surface area contributed by atoms with Crippen LogP contribution >= 0.6 is 23.2 Å². The first-order valence-electron chi connectivity index (χ1n) is 11.2. The van der Waals surface area contributed by atoms with Crippen LogP contribution in [0.5, 0.6) is 0 Å². The highest BCUT2D eigenvalue weighted by Gasteiger charge is 2.48. The molecule has 0 aromatic heterocycles. The van der Waals surface area contributed by atoms with E-state index in [1.807, 2.05) is 30.3 Å². The quantitative estimate of drug-likeness (QED) is 0.366. The van der Waals surface area contributed by atoms with E-state index in [9.17, 15) is 14.3 Å². The third-order valence-electron chi connectivity index (χ3n) is 6.82. The van der Waals surface area contributed by atoms with Crippen LogP contribution in [0.2, 0.25) is 10.0 Å². The number of aliphatic carboxylic acids is 1. The Morgan fingerprint density at radius 3 is 2.40 bits per heavy atom. The highest BCUT2D eigenvalue weighted by molar-refractivity contribution is 6.31. The predicted octanol–water partition coefficient (Wildman–Crippen LogP) is 6.14. The first-order valence-corrected chi connectivity index (χ1v) is 12.0. The molecule has 3 aromatic rings. The molecule has 1 saturated heterocycles. The molecule has 0 saturated carbocycles. The Bertz CT molecular complexity index is 1230. The lowest BCUT2D eigenvalue weighted by atomic mass is 9.76. The van der Waals surface area contributed by atoms with Gasteiger partial charge in [-0.1, -0.05) is 73.4 Å². The summed E-state index contributed by atoms with van der Waals surface area (Å²) in [5.74, 6) is -3.49. The molecular formula is C27H26Cl2F2N2O2. The molecule has 35 heavy (non-hydrogen) atoms. The molecule has 1 heterocycles. The van der Waals surface area contributed by atoms with Crippen molar-refractivity contribution < 1.29 is 18.7 Å². The van der Waals surface area contributed by atoms with Crippen LogP contribution < -0.4 is 11.1 Å². The second-order valence-electron chi connectivity index (χ2n) is 9.63. The Morgan fingerprint density at radius 2 is 1.77 bits per heavy atom. The Morgan fingerprint density at radius 1 is 1.09 bits per heavy atom. The van der Waals surface area contributed by atoms with Gasteiger partial charge in [0.1, 0.15) is 17.7 Å². The van der Waals surface area contributed by atoms with E-state index in [1.165, 1.54) is 18.2 Å². The van der Waals surface area contributed by atoms with Crippen molar-refractivity contribution in [3.63, 3.8) is 0 Å². The zero-order valence-electron chi connectivity index (χ0n) is 19.2. The van der Waals surface area contributed by atoms with Crippen LogP contribution in [-0.4, -0.2) is 29.2 Å². The number of nitrogens with one attached hydrogen (secondary N) is 1. The van der Waals surface area contributed by atoms with Gasteiger partial charge in [0.25, 0.3) is 0 Å². The lowest BCUT2D eigenvalue weighted by Crippen LogP contribution is -2.43. The third-order valence-corrected chi connectivity index (χ3v) is 7.33. The number of rotatable bonds is 6. The summed E-state index contributed by atoms with van der Waals surface area (Å²) in [4.78, 5) is 12.3. The molecule has 3 aromatic carbocycles. The maximum Gasteiger partial charge on any atom is 0.321 e. The van der Waals surface area contributed by atoms with Crippen molar-refractivity contribution in [3.05, 3.63) is 93.5 Å². The number of nitrogens with two attached hydrogens (primary N) is 1. The highest BCUT2D eigenvalue weighted by atomic mass is 35.5. The topological polar surface area (TPSA) is 75.3 Å². The van der Waals surface area contributed by atoms with Gasteiger partial charge in [-0.05, 0) is 52.8 Å². The van der Waals surface area contributed by atoms with Gasteiger partial charge in [-0.15, -0.1) is 0 Å². The molecule has 4 atom stereocenters. The van der Waals surface area contributed by atoms with Crippen LogP contribution in [0.1, 0.15) is 37.3 Å². The summed E-state index contributed by atoms with van der Waals surface area (Å²) in [6.07, 6.45) is 0.516. The number of benzene rings is 3. The van der Waals surface area contributed by atoms with Gasteiger partial charge in [0, 0.05) is 28.6 Å². The highest BCUT2D eigenvalue weighted by Crippen LogP contribution is 2.43. The van der Waals surface area contributed by atoms with Gasteiger partial charge in [-0.2, -0.15) is 0 Å². The summed E-state index contributed by atoms with van der Waals surface area (Å²) in [5.41, 5.74) is 8.04. The number of carboxylic acid groups (broad SMARTS) is 1. The second-order valence-corrected chi connectivity index (χ2v) is 10.5. The summed E-state index contributed by atoms with van der Waals surface area (Å²) < 4.78 is 29.8. The van der Waals surface area contributed by atoms with Crippen molar-refractivity contribution in [2.24, 2.45) is 5.73 Å². The van der Waals surface area contributed by atoms with Crippen LogP contribution in [0.15, 0.2) is 60.7 Å². The van der Waals surface area contributed by atoms with Gasteiger partial charge in [-0.3, -0.25) is 10.1 Å². The molecule has 1 fully saturated rings. The summed E-state index contributed by atoms with van der Waals surface area (Å²) >= 11 is 12.2. The van der Waals surface area contributed by atoms with E-state index in [0.29, 0.717) is 17.5 Å². The van der Waals surface area contributed by atoms with Crippen LogP contribution in [0, 0.1) is 11.6 Å². The molecule has 1 unspecified atom stereocenters. The molecule has 0 aliphatic carbocycles. The van der Waals surface area contributed by atoms with E-state index in [4.69, 9.17) is 28.9 Å². The Labute approximate surface area is 213 Å². The zero-order valence-corrected chi connectivity index (χ0v) is 20.7. The van der Waals surface area contributed by atoms with Gasteiger partial charge in [0.05, 0.1) is 5.02 Å². The minimum absolute atomic E-state index is 0.0339. The first kappa shape index (κ1) is 25.6. The first-order chi connectivity index (χ1) is 16.5. The molecule has 0 amide bonds. The number of halogens is 4. The van der Waals surface area contributed by atoms with Crippen molar-refractivity contribution in [2.75, 3.05) is 0 Å². The minimum Gasteiger partial charge on any atom is -0.480 e. The van der Waals surface area contributed by atoms with E-state index in [1.54, 1.807) is 6.07 Å². The van der Waals surface area contributed by atoms with E-state index < -0.39 is 41.6 Å². The zero-order chi connectivity index (χ0) is 25.5. The Kier molecular flexibility index (Phi) is 7.21. The van der Waals surface area contributed by atoms with Crippen LogP contribution in [-0.2, 0) is 10.2 Å². The summed E-state index contributed by atoms with van der Waals surface area (Å²) in [7, 11) is 0. The average molecular weight is 519 g/mol. The average Bonchev–Trinajstić information content (AvgIpc) is 3.11. The molecule has 1 aliphatic rings. The normalized spacial score (nSPS) is 22.4. The summed E-state index contributed by atoms with van der Waals surface area (Å²) in [5, 5.41) is 13.1. The Balaban J connectivity index is 1.80. The molecule has 0 bridgehead atoms. The van der Waals surface area contributed by atoms with Crippen molar-refractivity contribution in [1.29, 1.82) is 0 Å². The molecule has 8 heteroatoms. The fourth-order valence-electron chi connectivity index (χ4n) is 5.11. The van der Waals surface area contributed by atoms with E-state index in [-0.39, 0.29) is 21.0 Å². The van der Waals surface area contributed by atoms with Crippen molar-refractivity contribution in [3.8, 4) is 11.1 Å². The lowest BCUT2D eigenvalue weighted by molar-refractivity contribution is -0.139. The molecule has 4 nitrogen and oxygen atoms in total. The van der Waals surface area contributed by atoms with E-state index in [2.05, 4.69) is 19.2 Å². The maximum absolute atomic E-state index is 15.6. The largest absolute Gasteiger partial charge is 0.480 e. The molecule has 0 spiro atoms. The molecule has 4 N–H and O–H groups in total. The van der Waals surface area contributed by atoms with Crippen molar-refractivity contribution in [1.82, 2.24) is 5.32 Å². The van der Waals surface area contributed by atoms with Crippen LogP contribution in [0.3, 0.4) is 0 Å². The van der Waals surface area contributed by atoms with Crippen molar-refractivity contribution in [2.45, 2.75) is 49.7 Å². The summed E-state index contributed by atoms with van der Waals surface area (Å²) in [6.45, 7) is 4.11. The molecule has 4 rings (SSSR count). The minimum atomic E-state index is -1.17. The van der Waals surface area contributed by atoms with Crippen LogP contribution in [0.25, 0.3) is 11.1 Å². The van der Waals surface area contributed by atoms with Gasteiger partial charge >= 0.3 is 5.97 Å². The smallest absolute Gasteiger partial charge is 0.321 e. The maximum atomic E-state index is 15.6. The van der Waals surface area contributed by atoms with E-state index in [0.717, 1.165) is 11.6 Å². The van der Waals surface area contributed by atoms with Crippen LogP contribution in [0.4, 0.5) is 8.78 Å². The van der Waals surface area contributed by atoms with Crippen molar-refractivity contribution >= 4 is 29.2 Å². The second kappa shape index (κ2) is 9.86. The number of carboxylic acids is 1. The number of carbonyl (C=O) groups is 1. The van der Waals surface area contributed by atoms with Gasteiger partial charge in [0.2, 0.25) is 0 Å². The fraction of sp³-hybridized carbons (Fsp3) is 0.296. The van der Waals surface area contributed by atoms with Gasteiger partial charge < -0.3 is 10.8 Å². The molecular weight excluding hydrogens is 493 g/mol. The van der Waals surface area contributed by atoms with E-state index >= 15 is 4.39 Å². The third kappa shape index (κ3) is 5.07. The fourth-order valence-corrected chi connectivity index (χ4v) is 5.49. The lowest BCUT2D eigenvalue weighted by Gasteiger charge is -2.31. The number of hydrogen-bond donors (Lipinski definition) is 3. The monoisotopic (exact) mass is 518 g/mol. The molecule has 184 valence electrons. The van der Waals surface area contributed by atoms with Gasteiger partial charge in [0.15, 0.2) is 0 Å². The standard InChI is InChI=1S/C27H26Cl2F2N2O2/c1-27(2,15-6-4-3-5-7-15)13-20-24(32)22(25(33-20)26(34)35)21-18(8-9-19(29)23(21)31)14-10-16(28)12-17(30)11-14/h3-12,20,22,24-25,33H,13,32H2,1-2H3,(H,34,35)/t20-,22+,24?,25+/m0/s1. The molecule has 0 radical (unpaired) electrons. The molecule has 1 aliphatic heterocycles. The Hall–Kier alpha value is -2.51. The summed E-state index contributed by atoms with van der Waals surface area (Å²) in [6, 6.07) is 14.2.